The molecule has 1 aromatic carbocycles. The van der Waals surface area contributed by atoms with E-state index in [1.54, 1.807) is 0 Å². The summed E-state index contributed by atoms with van der Waals surface area (Å²) in [6, 6.07) is 9.48. The number of rotatable bonds is 4. The summed E-state index contributed by atoms with van der Waals surface area (Å²) in [6.07, 6.45) is 3.44. The van der Waals surface area contributed by atoms with Crippen molar-refractivity contribution < 1.29 is 4.74 Å². The molecule has 1 aliphatic rings. The molecule has 0 aromatic heterocycles. The summed E-state index contributed by atoms with van der Waals surface area (Å²) in [5.41, 5.74) is 2.67. The predicted molar refractivity (Wildman–Crippen MR) is 72.6 cm³/mol. The van der Waals surface area contributed by atoms with Gasteiger partial charge in [0.2, 0.25) is 0 Å². The molecule has 2 nitrogen and oxygen atoms in total. The second-order valence-electron chi connectivity index (χ2n) is 4.96. The minimum Gasteiger partial charge on any atom is -0.382 e. The predicted octanol–water partition coefficient (Wildman–Crippen LogP) is 3.79. The van der Waals surface area contributed by atoms with Crippen LogP contribution in [0.25, 0.3) is 0 Å². The summed E-state index contributed by atoms with van der Waals surface area (Å²) in [6.45, 7) is 6.30. The minimum absolute atomic E-state index is 0.582. The van der Waals surface area contributed by atoms with Gasteiger partial charge in [0.15, 0.2) is 0 Å². The molecule has 1 aromatic rings. The van der Waals surface area contributed by atoms with E-state index in [1.165, 1.54) is 17.7 Å². The van der Waals surface area contributed by atoms with E-state index in [-0.39, 0.29) is 0 Å². The third-order valence-corrected chi connectivity index (χ3v) is 3.68. The average Bonchev–Trinajstić information content (AvgIpc) is 2.40. The van der Waals surface area contributed by atoms with Crippen molar-refractivity contribution in [3.05, 3.63) is 29.8 Å². The molecule has 0 bridgehead atoms. The van der Waals surface area contributed by atoms with Crippen molar-refractivity contribution in [2.45, 2.75) is 45.1 Å². The number of anilines is 1. The lowest BCUT2D eigenvalue weighted by Crippen LogP contribution is -2.27. The van der Waals surface area contributed by atoms with Gasteiger partial charge in [0.05, 0.1) is 0 Å². The van der Waals surface area contributed by atoms with Gasteiger partial charge in [-0.15, -0.1) is 0 Å². The number of hydrogen-bond donors (Lipinski definition) is 1. The van der Waals surface area contributed by atoms with Gasteiger partial charge in [0.1, 0.15) is 0 Å². The van der Waals surface area contributed by atoms with Gasteiger partial charge in [-0.05, 0) is 42.9 Å². The average molecular weight is 233 g/mol. The Morgan fingerprint density at radius 3 is 2.47 bits per heavy atom. The van der Waals surface area contributed by atoms with Crippen LogP contribution in [0.4, 0.5) is 5.69 Å². The summed E-state index contributed by atoms with van der Waals surface area (Å²) in [7, 11) is 0. The SMILES string of the molecule is CCC(C)c1ccc(NC2CCOCC2)cc1. The van der Waals surface area contributed by atoms with E-state index in [0.717, 1.165) is 26.1 Å². The molecule has 0 spiro atoms. The Bertz CT molecular complexity index is 327. The van der Waals surface area contributed by atoms with Crippen LogP contribution in [0.3, 0.4) is 0 Å². The van der Waals surface area contributed by atoms with Crippen molar-refractivity contribution >= 4 is 5.69 Å². The Kier molecular flexibility index (Phi) is 4.43. The largest absolute Gasteiger partial charge is 0.382 e. The quantitative estimate of drug-likeness (QED) is 0.854. The van der Waals surface area contributed by atoms with Crippen LogP contribution in [0.1, 0.15) is 44.6 Å². The zero-order valence-corrected chi connectivity index (χ0v) is 10.9. The molecule has 1 atom stereocenters. The molecule has 2 heteroatoms. The molecule has 1 unspecified atom stereocenters. The van der Waals surface area contributed by atoms with E-state index in [4.69, 9.17) is 4.74 Å². The van der Waals surface area contributed by atoms with Gasteiger partial charge in [0.25, 0.3) is 0 Å². The van der Waals surface area contributed by atoms with E-state index >= 15 is 0 Å². The van der Waals surface area contributed by atoms with Crippen LogP contribution < -0.4 is 5.32 Å². The van der Waals surface area contributed by atoms with Gasteiger partial charge in [-0.25, -0.2) is 0 Å². The van der Waals surface area contributed by atoms with Gasteiger partial charge in [-0.3, -0.25) is 0 Å². The van der Waals surface area contributed by atoms with Gasteiger partial charge in [0, 0.05) is 24.9 Å². The number of benzene rings is 1. The monoisotopic (exact) mass is 233 g/mol. The van der Waals surface area contributed by atoms with Crippen LogP contribution >= 0.6 is 0 Å². The van der Waals surface area contributed by atoms with Crippen molar-refractivity contribution in [2.75, 3.05) is 18.5 Å². The molecule has 1 N–H and O–H groups in total. The molecule has 1 saturated heterocycles. The van der Waals surface area contributed by atoms with Crippen molar-refractivity contribution in [1.82, 2.24) is 0 Å². The van der Waals surface area contributed by atoms with Crippen LogP contribution in [0, 0.1) is 0 Å². The second-order valence-corrected chi connectivity index (χ2v) is 4.96. The summed E-state index contributed by atoms with van der Waals surface area (Å²) in [5, 5.41) is 3.58. The van der Waals surface area contributed by atoms with E-state index in [0.29, 0.717) is 12.0 Å². The maximum atomic E-state index is 5.36. The van der Waals surface area contributed by atoms with Crippen molar-refractivity contribution in [1.29, 1.82) is 0 Å². The Labute approximate surface area is 104 Å². The lowest BCUT2D eigenvalue weighted by Gasteiger charge is -2.24. The maximum Gasteiger partial charge on any atom is 0.0485 e. The fraction of sp³-hybridized carbons (Fsp3) is 0.600. The molecule has 2 rings (SSSR count). The zero-order valence-electron chi connectivity index (χ0n) is 10.9. The van der Waals surface area contributed by atoms with Crippen molar-refractivity contribution in [3.8, 4) is 0 Å². The Morgan fingerprint density at radius 2 is 1.88 bits per heavy atom. The molecule has 0 amide bonds. The third-order valence-electron chi connectivity index (χ3n) is 3.68. The van der Waals surface area contributed by atoms with Crippen LogP contribution in [0.2, 0.25) is 0 Å². The van der Waals surface area contributed by atoms with Crippen LogP contribution in [0.15, 0.2) is 24.3 Å². The normalized spacial score (nSPS) is 18.9. The smallest absolute Gasteiger partial charge is 0.0485 e. The molecule has 1 heterocycles. The molecule has 17 heavy (non-hydrogen) atoms. The highest BCUT2D eigenvalue weighted by Crippen LogP contribution is 2.21. The summed E-state index contributed by atoms with van der Waals surface area (Å²) < 4.78 is 5.36. The molecule has 0 aliphatic carbocycles. The summed E-state index contributed by atoms with van der Waals surface area (Å²) in [4.78, 5) is 0. The van der Waals surface area contributed by atoms with Gasteiger partial charge in [-0.1, -0.05) is 26.0 Å². The van der Waals surface area contributed by atoms with Gasteiger partial charge >= 0.3 is 0 Å². The highest BCUT2D eigenvalue weighted by molar-refractivity contribution is 5.46. The lowest BCUT2D eigenvalue weighted by molar-refractivity contribution is 0.0904. The Morgan fingerprint density at radius 1 is 1.24 bits per heavy atom. The Hall–Kier alpha value is -1.02. The van der Waals surface area contributed by atoms with Crippen LogP contribution in [0.5, 0.6) is 0 Å². The molecule has 0 radical (unpaired) electrons. The molecule has 1 fully saturated rings. The molecular weight excluding hydrogens is 210 g/mol. The van der Waals surface area contributed by atoms with E-state index < -0.39 is 0 Å². The van der Waals surface area contributed by atoms with Gasteiger partial charge in [-0.2, -0.15) is 0 Å². The van der Waals surface area contributed by atoms with Crippen molar-refractivity contribution in [3.63, 3.8) is 0 Å². The first-order chi connectivity index (χ1) is 8.29. The zero-order chi connectivity index (χ0) is 12.1. The minimum atomic E-state index is 0.582. The topological polar surface area (TPSA) is 21.3 Å². The van der Waals surface area contributed by atoms with Crippen molar-refractivity contribution in [2.24, 2.45) is 0 Å². The van der Waals surface area contributed by atoms with Gasteiger partial charge < -0.3 is 10.1 Å². The fourth-order valence-electron chi connectivity index (χ4n) is 2.22. The summed E-state index contributed by atoms with van der Waals surface area (Å²) >= 11 is 0. The second kappa shape index (κ2) is 6.06. The first kappa shape index (κ1) is 12.4. The molecule has 1 aliphatic heterocycles. The molecular formula is C15H23NO. The number of nitrogens with one attached hydrogen (secondary N) is 1. The Balaban J connectivity index is 1.93. The highest BCUT2D eigenvalue weighted by atomic mass is 16.5. The number of ether oxygens (including phenoxy) is 1. The van der Waals surface area contributed by atoms with Crippen LogP contribution in [-0.4, -0.2) is 19.3 Å². The lowest BCUT2D eigenvalue weighted by atomic mass is 9.98. The van der Waals surface area contributed by atoms with E-state index in [1.807, 2.05) is 0 Å². The van der Waals surface area contributed by atoms with E-state index in [2.05, 4.69) is 43.4 Å². The first-order valence-corrected chi connectivity index (χ1v) is 6.74. The van der Waals surface area contributed by atoms with E-state index in [9.17, 15) is 0 Å². The first-order valence-electron chi connectivity index (χ1n) is 6.74. The highest BCUT2D eigenvalue weighted by Gasteiger charge is 2.13. The summed E-state index contributed by atoms with van der Waals surface area (Å²) in [5.74, 6) is 0.659. The number of hydrogen-bond acceptors (Lipinski definition) is 2. The van der Waals surface area contributed by atoms with Crippen LogP contribution in [-0.2, 0) is 4.74 Å². The third kappa shape index (κ3) is 3.47. The fourth-order valence-corrected chi connectivity index (χ4v) is 2.22. The molecule has 94 valence electrons. The molecule has 0 saturated carbocycles. The maximum absolute atomic E-state index is 5.36. The standard InChI is InChI=1S/C15H23NO/c1-3-12(2)13-4-6-14(7-5-13)16-15-8-10-17-11-9-15/h4-7,12,15-16H,3,8-11H2,1-2H3.